The molecule has 6 heteroatoms. The number of rotatable bonds is 12. The van der Waals surface area contributed by atoms with E-state index in [4.69, 9.17) is 14.2 Å². The Kier molecular flexibility index (Phi) is 10.1. The average molecular weight is 469 g/mol. The standard InChI is InChI=1S/C28H40N2O4/c1-5-7-15-33-26-20-27(34-16-8-6-2)25(19-24(26)21(3)4)28(31)29-22-9-11-23(12-10-22)30-13-17-32-18-14-30/h9-12,19-21H,5-8,13-18H2,1-4H3,(H,29,31). The van der Waals surface area contributed by atoms with E-state index in [1.165, 1.54) is 0 Å². The van der Waals surface area contributed by atoms with Crippen molar-refractivity contribution in [2.24, 2.45) is 0 Å². The Labute approximate surface area is 204 Å². The quantitative estimate of drug-likeness (QED) is 0.373. The van der Waals surface area contributed by atoms with Crippen LogP contribution in [0.5, 0.6) is 11.5 Å². The second-order valence-electron chi connectivity index (χ2n) is 9.05. The Morgan fingerprint density at radius 2 is 1.59 bits per heavy atom. The van der Waals surface area contributed by atoms with Crippen LogP contribution in [-0.4, -0.2) is 45.4 Å². The maximum absolute atomic E-state index is 13.3. The topological polar surface area (TPSA) is 60.0 Å². The predicted molar refractivity (Wildman–Crippen MR) is 139 cm³/mol. The monoisotopic (exact) mass is 468 g/mol. The molecule has 1 aliphatic heterocycles. The van der Waals surface area contributed by atoms with Crippen LogP contribution in [0.1, 0.15) is 75.2 Å². The Morgan fingerprint density at radius 1 is 0.971 bits per heavy atom. The first-order chi connectivity index (χ1) is 16.5. The lowest BCUT2D eigenvalue weighted by atomic mass is 9.98. The molecule has 1 amide bonds. The van der Waals surface area contributed by atoms with Gasteiger partial charge in [0.1, 0.15) is 11.5 Å². The lowest BCUT2D eigenvalue weighted by Crippen LogP contribution is -2.36. The first kappa shape index (κ1) is 25.9. The van der Waals surface area contributed by atoms with Gasteiger partial charge in [-0.25, -0.2) is 0 Å². The molecule has 0 spiro atoms. The molecular formula is C28H40N2O4. The van der Waals surface area contributed by atoms with Crippen molar-refractivity contribution in [1.29, 1.82) is 0 Å². The lowest BCUT2D eigenvalue weighted by Gasteiger charge is -2.28. The van der Waals surface area contributed by atoms with Gasteiger partial charge in [-0.05, 0) is 54.7 Å². The molecule has 1 N–H and O–H groups in total. The number of carbonyl (C=O) groups excluding carboxylic acids is 1. The number of hydrogen-bond acceptors (Lipinski definition) is 5. The Bertz CT molecular complexity index is 905. The molecule has 0 bridgehead atoms. The van der Waals surface area contributed by atoms with Crippen molar-refractivity contribution in [3.8, 4) is 11.5 Å². The Hall–Kier alpha value is -2.73. The fraction of sp³-hybridized carbons (Fsp3) is 0.536. The van der Waals surface area contributed by atoms with Gasteiger partial charge in [0.05, 0.1) is 32.0 Å². The number of carbonyl (C=O) groups is 1. The van der Waals surface area contributed by atoms with Crippen molar-refractivity contribution in [3.63, 3.8) is 0 Å². The highest BCUT2D eigenvalue weighted by Crippen LogP contribution is 2.35. The first-order valence-corrected chi connectivity index (χ1v) is 12.7. The number of nitrogens with zero attached hydrogens (tertiary/aromatic N) is 1. The number of amides is 1. The van der Waals surface area contributed by atoms with Gasteiger partial charge in [-0.3, -0.25) is 4.79 Å². The summed E-state index contributed by atoms with van der Waals surface area (Å²) in [6.45, 7) is 13.0. The molecule has 0 atom stereocenters. The van der Waals surface area contributed by atoms with Crippen LogP contribution in [0.3, 0.4) is 0 Å². The van der Waals surface area contributed by atoms with E-state index in [0.717, 1.165) is 74.7 Å². The maximum atomic E-state index is 13.3. The fourth-order valence-corrected chi connectivity index (χ4v) is 3.88. The molecule has 3 rings (SSSR count). The zero-order valence-electron chi connectivity index (χ0n) is 21.2. The molecule has 2 aromatic rings. The number of morpholine rings is 1. The summed E-state index contributed by atoms with van der Waals surface area (Å²) in [5.74, 6) is 1.43. The second-order valence-corrected chi connectivity index (χ2v) is 9.05. The van der Waals surface area contributed by atoms with Crippen LogP contribution in [-0.2, 0) is 4.74 Å². The van der Waals surface area contributed by atoms with Crippen LogP contribution in [0.4, 0.5) is 11.4 Å². The van der Waals surface area contributed by atoms with Gasteiger partial charge in [-0.15, -0.1) is 0 Å². The summed E-state index contributed by atoms with van der Waals surface area (Å²) < 4.78 is 17.6. The van der Waals surface area contributed by atoms with Crippen LogP contribution < -0.4 is 19.7 Å². The molecule has 0 aromatic heterocycles. The zero-order valence-corrected chi connectivity index (χ0v) is 21.2. The molecule has 1 heterocycles. The smallest absolute Gasteiger partial charge is 0.259 e. The third kappa shape index (κ3) is 7.13. The normalized spacial score (nSPS) is 13.7. The summed E-state index contributed by atoms with van der Waals surface area (Å²) in [7, 11) is 0. The van der Waals surface area contributed by atoms with E-state index in [2.05, 4.69) is 37.9 Å². The third-order valence-corrected chi connectivity index (χ3v) is 5.99. The van der Waals surface area contributed by atoms with Gasteiger partial charge in [0.15, 0.2) is 0 Å². The van der Waals surface area contributed by atoms with E-state index in [0.29, 0.717) is 24.5 Å². The van der Waals surface area contributed by atoms with Gasteiger partial charge in [0.2, 0.25) is 0 Å². The molecule has 0 aliphatic carbocycles. The van der Waals surface area contributed by atoms with E-state index in [9.17, 15) is 4.79 Å². The van der Waals surface area contributed by atoms with Crippen LogP contribution in [0, 0.1) is 0 Å². The van der Waals surface area contributed by atoms with Crippen molar-refractivity contribution in [3.05, 3.63) is 47.5 Å². The molecular weight excluding hydrogens is 428 g/mol. The average Bonchev–Trinajstić information content (AvgIpc) is 2.85. The molecule has 186 valence electrons. The van der Waals surface area contributed by atoms with Crippen LogP contribution >= 0.6 is 0 Å². The van der Waals surface area contributed by atoms with Gasteiger partial charge >= 0.3 is 0 Å². The molecule has 0 radical (unpaired) electrons. The van der Waals surface area contributed by atoms with Crippen LogP contribution in [0.25, 0.3) is 0 Å². The van der Waals surface area contributed by atoms with Crippen molar-refractivity contribution in [2.45, 2.75) is 59.3 Å². The van der Waals surface area contributed by atoms with Crippen LogP contribution in [0.2, 0.25) is 0 Å². The van der Waals surface area contributed by atoms with Gasteiger partial charge in [-0.1, -0.05) is 40.5 Å². The Morgan fingerprint density at radius 3 is 2.18 bits per heavy atom. The minimum absolute atomic E-state index is 0.173. The van der Waals surface area contributed by atoms with Gasteiger partial charge in [-0.2, -0.15) is 0 Å². The third-order valence-electron chi connectivity index (χ3n) is 5.99. The number of anilines is 2. The number of benzene rings is 2. The van der Waals surface area contributed by atoms with E-state index in [1.54, 1.807) is 0 Å². The number of nitrogens with one attached hydrogen (secondary N) is 1. The predicted octanol–water partition coefficient (Wildman–Crippen LogP) is 6.26. The summed E-state index contributed by atoms with van der Waals surface area (Å²) >= 11 is 0. The lowest BCUT2D eigenvalue weighted by molar-refractivity contribution is 0.102. The summed E-state index contributed by atoms with van der Waals surface area (Å²) in [6.07, 6.45) is 4.02. The van der Waals surface area contributed by atoms with Gasteiger partial charge in [0, 0.05) is 30.5 Å². The molecule has 1 aliphatic rings. The highest BCUT2D eigenvalue weighted by Gasteiger charge is 2.20. The van der Waals surface area contributed by atoms with E-state index in [-0.39, 0.29) is 11.8 Å². The number of unbranched alkanes of at least 4 members (excludes halogenated alkanes) is 2. The first-order valence-electron chi connectivity index (χ1n) is 12.7. The maximum Gasteiger partial charge on any atom is 0.259 e. The second kappa shape index (κ2) is 13.2. The highest BCUT2D eigenvalue weighted by molar-refractivity contribution is 6.06. The van der Waals surface area contributed by atoms with Gasteiger partial charge in [0.25, 0.3) is 5.91 Å². The Balaban J connectivity index is 1.81. The van der Waals surface area contributed by atoms with E-state index >= 15 is 0 Å². The van der Waals surface area contributed by atoms with Crippen molar-refractivity contribution >= 4 is 17.3 Å². The summed E-state index contributed by atoms with van der Waals surface area (Å²) in [6, 6.07) is 11.8. The van der Waals surface area contributed by atoms with Crippen molar-refractivity contribution in [1.82, 2.24) is 0 Å². The summed E-state index contributed by atoms with van der Waals surface area (Å²) in [5, 5.41) is 3.05. The number of hydrogen-bond donors (Lipinski definition) is 1. The molecule has 1 fully saturated rings. The number of ether oxygens (including phenoxy) is 3. The minimum atomic E-state index is -0.173. The van der Waals surface area contributed by atoms with Crippen LogP contribution in [0.15, 0.2) is 36.4 Å². The van der Waals surface area contributed by atoms with E-state index < -0.39 is 0 Å². The molecule has 34 heavy (non-hydrogen) atoms. The largest absolute Gasteiger partial charge is 0.493 e. The molecule has 2 aromatic carbocycles. The van der Waals surface area contributed by atoms with E-state index in [1.807, 2.05) is 36.4 Å². The highest BCUT2D eigenvalue weighted by atomic mass is 16.5. The fourth-order valence-electron chi connectivity index (χ4n) is 3.88. The minimum Gasteiger partial charge on any atom is -0.493 e. The molecule has 6 nitrogen and oxygen atoms in total. The molecule has 0 saturated carbocycles. The molecule has 1 saturated heterocycles. The van der Waals surface area contributed by atoms with Crippen molar-refractivity contribution in [2.75, 3.05) is 49.7 Å². The molecule has 0 unspecified atom stereocenters. The zero-order chi connectivity index (χ0) is 24.3. The summed E-state index contributed by atoms with van der Waals surface area (Å²) in [4.78, 5) is 15.6. The summed E-state index contributed by atoms with van der Waals surface area (Å²) in [5.41, 5.74) is 3.46. The SMILES string of the molecule is CCCCOc1cc(OCCCC)c(C(C)C)cc1C(=O)Nc1ccc(N2CCOCC2)cc1. The van der Waals surface area contributed by atoms with Gasteiger partial charge < -0.3 is 24.4 Å². The van der Waals surface area contributed by atoms with Crippen molar-refractivity contribution < 1.29 is 19.0 Å².